The van der Waals surface area contributed by atoms with Gasteiger partial charge >= 0.3 is 0 Å². The molecule has 4 aromatic carbocycles. The number of hydrogen-bond acceptors (Lipinski definition) is 0. The van der Waals surface area contributed by atoms with Crippen LogP contribution in [0.3, 0.4) is 0 Å². The van der Waals surface area contributed by atoms with E-state index in [-0.39, 0.29) is 0 Å². The number of benzene rings is 4. The van der Waals surface area contributed by atoms with Crippen LogP contribution in [0.2, 0.25) is 0 Å². The summed E-state index contributed by atoms with van der Waals surface area (Å²) in [5.41, 5.74) is 3.93. The largest absolute Gasteiger partial charge is 0.0683 e. The van der Waals surface area contributed by atoms with Crippen molar-refractivity contribution in [3.8, 4) is 23.7 Å². The summed E-state index contributed by atoms with van der Waals surface area (Å²) in [6.07, 6.45) is 0. The normalized spacial score (nSPS) is 9.06. The van der Waals surface area contributed by atoms with E-state index < -0.39 is 0 Å². The van der Waals surface area contributed by atoms with E-state index in [0.29, 0.717) is 0 Å². The summed E-state index contributed by atoms with van der Waals surface area (Å²) in [4.78, 5) is 0. The van der Waals surface area contributed by atoms with Gasteiger partial charge in [0.15, 0.2) is 0 Å². The summed E-state index contributed by atoms with van der Waals surface area (Å²) in [6.45, 7) is 8.00. The maximum atomic E-state index is 3.66. The van der Waals surface area contributed by atoms with Crippen LogP contribution in [0.5, 0.6) is 0 Å². The molecule has 0 spiro atoms. The van der Waals surface area contributed by atoms with Crippen LogP contribution in [0.25, 0.3) is 10.8 Å². The molecule has 2 heteroatoms. The van der Waals surface area contributed by atoms with Crippen LogP contribution >= 0.6 is 31.9 Å². The second-order valence-corrected chi connectivity index (χ2v) is 7.95. The lowest BCUT2D eigenvalue weighted by molar-refractivity contribution is 1.50. The van der Waals surface area contributed by atoms with E-state index in [2.05, 4.69) is 79.8 Å². The minimum atomic E-state index is 0.964. The van der Waals surface area contributed by atoms with Gasteiger partial charge in [0, 0.05) is 31.2 Å². The van der Waals surface area contributed by atoms with Gasteiger partial charge in [0.2, 0.25) is 0 Å². The second-order valence-electron chi connectivity index (χ2n) is 6.24. The van der Waals surface area contributed by atoms with Crippen LogP contribution in [-0.4, -0.2) is 0 Å². The average Bonchev–Trinajstić information content (AvgIpc) is 2.85. The van der Waals surface area contributed by atoms with Gasteiger partial charge in [-0.3, -0.25) is 0 Å². The first-order valence-electron chi connectivity index (χ1n) is 10.8. The average molecular weight is 546 g/mol. The molecule has 0 unspecified atom stereocenters. The molecule has 0 nitrogen and oxygen atoms in total. The van der Waals surface area contributed by atoms with Gasteiger partial charge in [-0.2, -0.15) is 0 Å². The Morgan fingerprint density at radius 1 is 0.469 bits per heavy atom. The molecule has 4 rings (SSSR count). The van der Waals surface area contributed by atoms with Crippen LogP contribution in [0.1, 0.15) is 49.9 Å². The van der Waals surface area contributed by atoms with E-state index in [4.69, 9.17) is 0 Å². The molecule has 0 aliphatic rings. The number of fused-ring (bicyclic) bond motifs is 1. The quantitative estimate of drug-likeness (QED) is 0.193. The van der Waals surface area contributed by atoms with E-state index in [0.717, 1.165) is 42.0 Å². The molecule has 0 heterocycles. The fourth-order valence-electron chi connectivity index (χ4n) is 2.81. The zero-order valence-corrected chi connectivity index (χ0v) is 22.0. The standard InChI is InChI=1S/C26H14Br2.2C2H6/c27-25-17-24-16-22(14-12-20-9-5-2-6-10-20)26(28)18-23(24)15-21(25)13-11-19-7-3-1-4-8-19;2*1-2/h1-10,15-18H;2*1-2H3. The minimum absolute atomic E-state index is 0.964. The molecule has 0 N–H and O–H groups in total. The SMILES string of the molecule is Brc1cc2cc(C#Cc3ccccc3)c(Br)cc2cc1C#Cc1ccccc1.CC.CC. The molecule has 0 amide bonds. The molecule has 0 radical (unpaired) electrons. The van der Waals surface area contributed by atoms with Crippen molar-refractivity contribution < 1.29 is 0 Å². The highest BCUT2D eigenvalue weighted by Gasteiger charge is 2.05. The Hall–Kier alpha value is -2.78. The van der Waals surface area contributed by atoms with E-state index in [9.17, 15) is 0 Å². The fraction of sp³-hybridized carbons (Fsp3) is 0.133. The first-order chi connectivity index (χ1) is 15.7. The van der Waals surface area contributed by atoms with Crippen molar-refractivity contribution in [1.82, 2.24) is 0 Å². The zero-order valence-electron chi connectivity index (χ0n) is 18.8. The molecule has 0 saturated carbocycles. The third-order valence-electron chi connectivity index (χ3n) is 4.24. The summed E-state index contributed by atoms with van der Waals surface area (Å²) < 4.78 is 1.96. The van der Waals surface area contributed by atoms with Crippen LogP contribution < -0.4 is 0 Å². The summed E-state index contributed by atoms with van der Waals surface area (Å²) in [6, 6.07) is 28.4. The van der Waals surface area contributed by atoms with E-state index in [1.807, 2.05) is 88.4 Å². The lowest BCUT2D eigenvalue weighted by Gasteiger charge is -2.05. The smallest absolute Gasteiger partial charge is 0.0397 e. The van der Waals surface area contributed by atoms with E-state index in [1.54, 1.807) is 0 Å². The molecule has 0 aliphatic carbocycles. The third kappa shape index (κ3) is 7.13. The summed E-state index contributed by atoms with van der Waals surface area (Å²) in [5, 5.41) is 2.25. The lowest BCUT2D eigenvalue weighted by Crippen LogP contribution is -1.85. The number of hydrogen-bond donors (Lipinski definition) is 0. The van der Waals surface area contributed by atoms with Gasteiger partial charge in [0.05, 0.1) is 0 Å². The molecule has 0 aliphatic heterocycles. The van der Waals surface area contributed by atoms with Crippen LogP contribution in [-0.2, 0) is 0 Å². The van der Waals surface area contributed by atoms with Gasteiger partial charge < -0.3 is 0 Å². The predicted molar refractivity (Wildman–Crippen MR) is 147 cm³/mol. The Bertz CT molecular complexity index is 1160. The van der Waals surface area contributed by atoms with E-state index >= 15 is 0 Å². The second kappa shape index (κ2) is 13.6. The highest BCUT2D eigenvalue weighted by Crippen LogP contribution is 2.29. The first-order valence-corrected chi connectivity index (χ1v) is 12.3. The molecular formula is C30H26Br2. The Labute approximate surface area is 209 Å². The molecule has 160 valence electrons. The van der Waals surface area contributed by atoms with Crippen LogP contribution in [0.15, 0.2) is 93.9 Å². The molecule has 0 atom stereocenters. The molecule has 0 bridgehead atoms. The van der Waals surface area contributed by atoms with Crippen molar-refractivity contribution in [2.75, 3.05) is 0 Å². The van der Waals surface area contributed by atoms with Crippen molar-refractivity contribution in [2.24, 2.45) is 0 Å². The topological polar surface area (TPSA) is 0 Å². The lowest BCUT2D eigenvalue weighted by atomic mass is 10.0. The predicted octanol–water partition coefficient (Wildman–Crippen LogP) is 9.22. The fourth-order valence-corrected chi connectivity index (χ4v) is 3.73. The molecule has 32 heavy (non-hydrogen) atoms. The van der Waals surface area contributed by atoms with Crippen molar-refractivity contribution in [3.05, 3.63) is 116 Å². The molecular weight excluding hydrogens is 520 g/mol. The van der Waals surface area contributed by atoms with Crippen molar-refractivity contribution >= 4 is 42.6 Å². The Morgan fingerprint density at radius 3 is 1.16 bits per heavy atom. The molecule has 0 aromatic heterocycles. The number of rotatable bonds is 0. The van der Waals surface area contributed by atoms with Gasteiger partial charge in [-0.05, 0) is 91.2 Å². The Kier molecular flexibility index (Phi) is 10.8. The van der Waals surface area contributed by atoms with Crippen molar-refractivity contribution in [3.63, 3.8) is 0 Å². The summed E-state index contributed by atoms with van der Waals surface area (Å²) in [5.74, 6) is 13.0. The Balaban J connectivity index is 0.000000860. The first kappa shape index (κ1) is 25.5. The van der Waals surface area contributed by atoms with Crippen LogP contribution in [0.4, 0.5) is 0 Å². The highest BCUT2D eigenvalue weighted by atomic mass is 79.9. The van der Waals surface area contributed by atoms with Gasteiger partial charge in [0.25, 0.3) is 0 Å². The monoisotopic (exact) mass is 544 g/mol. The van der Waals surface area contributed by atoms with Crippen molar-refractivity contribution in [1.29, 1.82) is 0 Å². The highest BCUT2D eigenvalue weighted by molar-refractivity contribution is 9.10. The van der Waals surface area contributed by atoms with E-state index in [1.165, 1.54) is 0 Å². The van der Waals surface area contributed by atoms with Gasteiger partial charge in [-0.25, -0.2) is 0 Å². The molecule has 0 fully saturated rings. The zero-order chi connectivity index (χ0) is 23.3. The van der Waals surface area contributed by atoms with Gasteiger partial charge in [0.1, 0.15) is 0 Å². The van der Waals surface area contributed by atoms with Gasteiger partial charge in [-0.1, -0.05) is 87.8 Å². The summed E-state index contributed by atoms with van der Waals surface area (Å²) in [7, 11) is 0. The maximum Gasteiger partial charge on any atom is 0.0397 e. The molecule has 0 saturated heterocycles. The minimum Gasteiger partial charge on any atom is -0.0683 e. The summed E-state index contributed by atoms with van der Waals surface area (Å²) >= 11 is 7.32. The maximum absolute atomic E-state index is 3.66. The van der Waals surface area contributed by atoms with Crippen LogP contribution in [0, 0.1) is 23.7 Å². The molecule has 4 aromatic rings. The third-order valence-corrected chi connectivity index (χ3v) is 5.55. The van der Waals surface area contributed by atoms with Crippen molar-refractivity contribution in [2.45, 2.75) is 27.7 Å². The Morgan fingerprint density at radius 2 is 0.812 bits per heavy atom. The number of halogens is 2. The van der Waals surface area contributed by atoms with Gasteiger partial charge in [-0.15, -0.1) is 0 Å².